The van der Waals surface area contributed by atoms with Crippen molar-refractivity contribution in [2.45, 2.75) is 75.5 Å². The third kappa shape index (κ3) is 9.27. The van der Waals surface area contributed by atoms with Crippen LogP contribution in [-0.4, -0.2) is 125 Å². The van der Waals surface area contributed by atoms with Gasteiger partial charge in [-0.25, -0.2) is 28.9 Å². The molecule has 4 aliphatic heterocycles. The number of hydrogen-bond donors (Lipinski definition) is 4. The summed E-state index contributed by atoms with van der Waals surface area (Å²) in [5.74, 6) is 0.365. The Morgan fingerprint density at radius 2 is 1.20 bits per heavy atom. The van der Waals surface area contributed by atoms with E-state index < -0.39 is 30.1 Å². The Morgan fingerprint density at radius 3 is 1.71 bits per heavy atom. The molecule has 18 heteroatoms. The number of nitrogens with one attached hydrogen (secondary N) is 4. The van der Waals surface area contributed by atoms with Gasteiger partial charge in [0.15, 0.2) is 0 Å². The van der Waals surface area contributed by atoms with E-state index in [1.54, 1.807) is 29.4 Å². The lowest BCUT2D eigenvalue weighted by molar-refractivity contribution is -0.137. The van der Waals surface area contributed by atoms with Crippen molar-refractivity contribution in [3.63, 3.8) is 0 Å². The van der Waals surface area contributed by atoms with Gasteiger partial charge in [0.05, 0.1) is 61.3 Å². The maximum absolute atomic E-state index is 16.0. The van der Waals surface area contributed by atoms with Crippen LogP contribution >= 0.6 is 0 Å². The maximum atomic E-state index is 16.0. The molecule has 7 heterocycles. The third-order valence-electron chi connectivity index (χ3n) is 13.4. The average Bonchev–Trinajstić information content (AvgIpc) is 4.20. The predicted octanol–water partition coefficient (Wildman–Crippen LogP) is 6.45. The lowest BCUT2D eigenvalue weighted by Crippen LogP contribution is -2.53. The number of carbonyl (C=O) groups excluding carboxylic acids is 4. The average molecular weight is 892 g/mol. The van der Waals surface area contributed by atoms with Crippen molar-refractivity contribution in [1.29, 1.82) is 0 Å². The van der Waals surface area contributed by atoms with Gasteiger partial charge in [-0.15, -0.1) is 0 Å². The molecule has 17 nitrogen and oxygen atoms in total. The van der Waals surface area contributed by atoms with Gasteiger partial charge in [0.1, 0.15) is 29.5 Å². The van der Waals surface area contributed by atoms with Gasteiger partial charge in [0, 0.05) is 61.6 Å². The fraction of sp³-hybridized carbons (Fsp3) is 0.468. The number of ether oxygens (including phenoxy) is 4. The minimum Gasteiger partial charge on any atom is -0.453 e. The lowest BCUT2D eigenvalue weighted by atomic mass is 9.90. The summed E-state index contributed by atoms with van der Waals surface area (Å²) in [6.07, 6.45) is 7.79. The SMILES string of the molecule is COC(=O)NC(C(=O)N1CCCC1c1ncc(-c2ccc(-c3ccc4cc(-c5cnc(C6CCCN6C(=O)C(NC(=O)OC)C6CCOCC6)[nH]5)ccc4n3)c(F)c2)[nH]1)C1CCOCC1. The zero-order valence-corrected chi connectivity index (χ0v) is 36.5. The minimum atomic E-state index is -0.743. The van der Waals surface area contributed by atoms with Gasteiger partial charge in [-0.1, -0.05) is 18.2 Å². The molecule has 4 unspecified atom stereocenters. The van der Waals surface area contributed by atoms with E-state index >= 15 is 4.39 Å². The van der Waals surface area contributed by atoms with E-state index in [9.17, 15) is 19.2 Å². The Kier molecular flexibility index (Phi) is 13.1. The first-order chi connectivity index (χ1) is 31.7. The quantitative estimate of drug-likeness (QED) is 0.113. The number of aromatic nitrogens is 5. The van der Waals surface area contributed by atoms with Crippen LogP contribution in [0.1, 0.15) is 75.1 Å². The molecule has 0 aliphatic carbocycles. The Balaban J connectivity index is 0.878. The minimum absolute atomic E-state index is 0.0568. The van der Waals surface area contributed by atoms with Crippen molar-refractivity contribution < 1.29 is 42.5 Å². The van der Waals surface area contributed by atoms with Gasteiger partial charge in [-0.05, 0) is 93.5 Å². The summed E-state index contributed by atoms with van der Waals surface area (Å²) in [5.41, 5.74) is 4.39. The fourth-order valence-electron chi connectivity index (χ4n) is 9.86. The first-order valence-electron chi connectivity index (χ1n) is 22.5. The first kappa shape index (κ1) is 43.8. The number of alkyl carbamates (subject to hydrolysis) is 2. The number of methoxy groups -OCH3 is 2. The summed E-state index contributed by atoms with van der Waals surface area (Å²) < 4.78 is 36.7. The summed E-state index contributed by atoms with van der Waals surface area (Å²) >= 11 is 0. The predicted molar refractivity (Wildman–Crippen MR) is 235 cm³/mol. The van der Waals surface area contributed by atoms with Crippen LogP contribution in [-0.2, 0) is 28.5 Å². The van der Waals surface area contributed by atoms with E-state index in [-0.39, 0.29) is 35.7 Å². The second-order valence-electron chi connectivity index (χ2n) is 17.2. The van der Waals surface area contributed by atoms with Crippen molar-refractivity contribution in [3.8, 4) is 33.8 Å². The van der Waals surface area contributed by atoms with E-state index in [1.807, 2.05) is 35.2 Å². The van der Waals surface area contributed by atoms with Crippen LogP contribution in [0.5, 0.6) is 0 Å². The van der Waals surface area contributed by atoms with Gasteiger partial charge in [-0.2, -0.15) is 0 Å². The Bertz CT molecular complexity index is 2540. The van der Waals surface area contributed by atoms with Crippen LogP contribution in [0.4, 0.5) is 14.0 Å². The Labute approximate surface area is 375 Å². The number of carbonyl (C=O) groups is 4. The molecule has 4 aliphatic rings. The molecule has 4 fully saturated rings. The molecular formula is C47H54FN9O8. The molecule has 65 heavy (non-hydrogen) atoms. The fourth-order valence-corrected chi connectivity index (χ4v) is 9.86. The molecule has 342 valence electrons. The second kappa shape index (κ2) is 19.4. The van der Waals surface area contributed by atoms with Crippen LogP contribution < -0.4 is 10.6 Å². The number of amides is 4. The number of fused-ring (bicyclic) bond motifs is 1. The normalized spacial score (nSPS) is 20.4. The van der Waals surface area contributed by atoms with Gasteiger partial charge in [0.2, 0.25) is 11.8 Å². The second-order valence-corrected chi connectivity index (χ2v) is 17.2. The van der Waals surface area contributed by atoms with Gasteiger partial charge in [-0.3, -0.25) is 9.59 Å². The van der Waals surface area contributed by atoms with Crippen molar-refractivity contribution in [2.24, 2.45) is 11.8 Å². The first-order valence-corrected chi connectivity index (χ1v) is 22.5. The smallest absolute Gasteiger partial charge is 0.407 e. The van der Waals surface area contributed by atoms with Gasteiger partial charge >= 0.3 is 12.2 Å². The number of imidazole rings is 2. The molecule has 0 bridgehead atoms. The number of nitrogens with zero attached hydrogens (tertiary/aromatic N) is 5. The van der Waals surface area contributed by atoms with E-state index in [0.717, 1.165) is 35.9 Å². The number of H-pyrrole nitrogens is 2. The van der Waals surface area contributed by atoms with Crippen molar-refractivity contribution in [3.05, 3.63) is 78.4 Å². The van der Waals surface area contributed by atoms with Crippen molar-refractivity contribution in [2.75, 3.05) is 53.7 Å². The lowest BCUT2D eigenvalue weighted by Gasteiger charge is -2.34. The zero-order chi connectivity index (χ0) is 45.0. The summed E-state index contributed by atoms with van der Waals surface area (Å²) in [5, 5.41) is 6.43. The monoisotopic (exact) mass is 891 g/mol. The highest BCUT2D eigenvalue weighted by Gasteiger charge is 2.42. The van der Waals surface area contributed by atoms with Gasteiger partial charge < -0.3 is 49.3 Å². The molecule has 0 saturated carbocycles. The van der Waals surface area contributed by atoms with Crippen molar-refractivity contribution >= 4 is 34.9 Å². The number of benzene rings is 2. The molecule has 3 aromatic heterocycles. The largest absolute Gasteiger partial charge is 0.453 e. The van der Waals surface area contributed by atoms with E-state index in [1.165, 1.54) is 20.3 Å². The zero-order valence-electron chi connectivity index (χ0n) is 36.5. The molecule has 0 spiro atoms. The van der Waals surface area contributed by atoms with Crippen LogP contribution in [0.2, 0.25) is 0 Å². The molecule has 0 radical (unpaired) electrons. The highest BCUT2D eigenvalue weighted by molar-refractivity contribution is 5.88. The summed E-state index contributed by atoms with van der Waals surface area (Å²) in [6, 6.07) is 12.5. The molecule has 4 N–H and O–H groups in total. The standard InChI is InChI=1S/C47H54FN9O8/c1-62-46(60)54-40(27-13-19-64-20-14-27)44(58)56-17-3-5-38(56)42-49-25-36(52-42)30-8-11-34-29(23-30)9-12-35(51-34)32-10-7-31(24-33(32)48)37-26-50-43(53-37)39-6-4-18-57(39)45(59)41(55-47(61)63-2)28-15-21-65-22-16-28/h7-12,23-28,38-41H,3-6,13-22H2,1-2H3,(H,49,52)(H,50,53)(H,54,60)(H,55,61). The number of rotatable bonds is 11. The summed E-state index contributed by atoms with van der Waals surface area (Å²) in [6.45, 7) is 3.20. The number of pyridine rings is 1. The number of aromatic amines is 2. The third-order valence-corrected chi connectivity index (χ3v) is 13.4. The van der Waals surface area contributed by atoms with Crippen LogP contribution in [0, 0.1) is 17.7 Å². The molecule has 4 saturated heterocycles. The van der Waals surface area contributed by atoms with Crippen LogP contribution in [0.15, 0.2) is 60.9 Å². The molecule has 9 rings (SSSR count). The molecular weight excluding hydrogens is 838 g/mol. The molecule has 4 amide bonds. The number of hydrogen-bond acceptors (Lipinski definition) is 11. The Morgan fingerprint density at radius 1 is 0.692 bits per heavy atom. The van der Waals surface area contributed by atoms with E-state index in [0.29, 0.717) is 111 Å². The molecule has 5 aromatic rings. The highest BCUT2D eigenvalue weighted by Crippen LogP contribution is 2.37. The summed E-state index contributed by atoms with van der Waals surface area (Å²) in [4.78, 5) is 77.1. The highest BCUT2D eigenvalue weighted by atomic mass is 19.1. The number of likely N-dealkylation sites (tertiary alicyclic amines) is 2. The van der Waals surface area contributed by atoms with E-state index in [4.69, 9.17) is 28.9 Å². The number of halogens is 1. The van der Waals surface area contributed by atoms with Gasteiger partial charge in [0.25, 0.3) is 0 Å². The topological polar surface area (TPSA) is 206 Å². The van der Waals surface area contributed by atoms with Crippen LogP contribution in [0.3, 0.4) is 0 Å². The van der Waals surface area contributed by atoms with Crippen molar-refractivity contribution in [1.82, 2.24) is 45.4 Å². The van der Waals surface area contributed by atoms with Crippen LogP contribution in [0.25, 0.3) is 44.7 Å². The molecule has 4 atom stereocenters. The molecule has 2 aromatic carbocycles. The van der Waals surface area contributed by atoms with E-state index in [2.05, 4.69) is 25.6 Å². The maximum Gasteiger partial charge on any atom is 0.407 e. The Hall–Kier alpha value is -6.40. The summed E-state index contributed by atoms with van der Waals surface area (Å²) in [7, 11) is 2.57.